The third-order valence-electron chi connectivity index (χ3n) is 5.14. The van der Waals surface area contributed by atoms with Crippen LogP contribution in [0.4, 0.5) is 0 Å². The number of aliphatic hydroxyl groups excluding tert-OH is 1. The van der Waals surface area contributed by atoms with Crippen LogP contribution in [-0.2, 0) is 0 Å². The van der Waals surface area contributed by atoms with Crippen molar-refractivity contribution in [1.82, 2.24) is 20.2 Å². The number of aliphatic hydroxyl groups is 1. The zero-order chi connectivity index (χ0) is 21.3. The SMILES string of the molecule is O=C(NC(CO)c1nc2ccc(Cl)cc2[nH]1)c1ccc(C(=O)N2CCCC2)c(Br)c1. The normalized spacial score (nSPS) is 14.8. The number of halogens is 2. The number of benzene rings is 2. The van der Waals surface area contributed by atoms with Gasteiger partial charge in [-0.05, 0) is 65.2 Å². The number of aromatic nitrogens is 2. The predicted molar refractivity (Wildman–Crippen MR) is 118 cm³/mol. The van der Waals surface area contributed by atoms with E-state index in [0.717, 1.165) is 31.4 Å². The number of amides is 2. The van der Waals surface area contributed by atoms with Crippen LogP contribution in [0.1, 0.15) is 45.4 Å². The van der Waals surface area contributed by atoms with Gasteiger partial charge in [-0.2, -0.15) is 0 Å². The average molecular weight is 492 g/mol. The summed E-state index contributed by atoms with van der Waals surface area (Å²) in [6.07, 6.45) is 2.03. The third kappa shape index (κ3) is 4.21. The Morgan fingerprint density at radius 2 is 2.00 bits per heavy atom. The number of carbonyl (C=O) groups excluding carboxylic acids is 2. The van der Waals surface area contributed by atoms with E-state index in [2.05, 4.69) is 31.2 Å². The quantitative estimate of drug-likeness (QED) is 0.507. The second-order valence-corrected chi connectivity index (χ2v) is 8.48. The van der Waals surface area contributed by atoms with E-state index in [1.807, 2.05) is 4.90 Å². The minimum atomic E-state index is -0.714. The van der Waals surface area contributed by atoms with Crippen LogP contribution in [0.2, 0.25) is 5.02 Å². The van der Waals surface area contributed by atoms with Gasteiger partial charge in [0.25, 0.3) is 11.8 Å². The van der Waals surface area contributed by atoms with Gasteiger partial charge in [-0.25, -0.2) is 4.98 Å². The molecule has 156 valence electrons. The van der Waals surface area contributed by atoms with Crippen molar-refractivity contribution in [3.8, 4) is 0 Å². The van der Waals surface area contributed by atoms with Crippen molar-refractivity contribution in [2.75, 3.05) is 19.7 Å². The van der Waals surface area contributed by atoms with Gasteiger partial charge in [0.15, 0.2) is 0 Å². The van der Waals surface area contributed by atoms with Crippen LogP contribution in [-0.4, -0.2) is 51.5 Å². The van der Waals surface area contributed by atoms with Crippen molar-refractivity contribution in [3.63, 3.8) is 0 Å². The molecule has 4 rings (SSSR count). The number of hydrogen-bond donors (Lipinski definition) is 3. The highest BCUT2D eigenvalue weighted by atomic mass is 79.9. The first kappa shape index (κ1) is 20.8. The van der Waals surface area contributed by atoms with Crippen molar-refractivity contribution < 1.29 is 14.7 Å². The monoisotopic (exact) mass is 490 g/mol. The summed E-state index contributed by atoms with van der Waals surface area (Å²) in [5.74, 6) is 0.0110. The fraction of sp³-hybridized carbons (Fsp3) is 0.286. The summed E-state index contributed by atoms with van der Waals surface area (Å²) in [6, 6.07) is 9.38. The molecule has 9 heteroatoms. The molecule has 7 nitrogen and oxygen atoms in total. The molecule has 1 aliphatic rings. The van der Waals surface area contributed by atoms with Crippen LogP contribution in [0.3, 0.4) is 0 Å². The second kappa shape index (κ2) is 8.75. The molecule has 30 heavy (non-hydrogen) atoms. The Labute approximate surface area is 186 Å². The van der Waals surface area contributed by atoms with Crippen LogP contribution in [0.25, 0.3) is 11.0 Å². The van der Waals surface area contributed by atoms with E-state index in [1.54, 1.807) is 36.4 Å². The summed E-state index contributed by atoms with van der Waals surface area (Å²) >= 11 is 9.41. The van der Waals surface area contributed by atoms with Crippen molar-refractivity contribution in [2.24, 2.45) is 0 Å². The van der Waals surface area contributed by atoms with Gasteiger partial charge in [0.1, 0.15) is 11.9 Å². The van der Waals surface area contributed by atoms with Crippen LogP contribution in [0.5, 0.6) is 0 Å². The first-order valence-electron chi connectivity index (χ1n) is 9.62. The molecule has 1 fully saturated rings. The summed E-state index contributed by atoms with van der Waals surface area (Å²) in [7, 11) is 0. The van der Waals surface area contributed by atoms with Gasteiger partial charge in [-0.3, -0.25) is 9.59 Å². The average Bonchev–Trinajstić information content (AvgIpc) is 3.40. The summed E-state index contributed by atoms with van der Waals surface area (Å²) < 4.78 is 0.561. The zero-order valence-corrected chi connectivity index (χ0v) is 18.3. The van der Waals surface area contributed by atoms with Gasteiger partial charge < -0.3 is 20.3 Å². The molecule has 1 saturated heterocycles. The molecule has 2 aromatic carbocycles. The fourth-order valence-electron chi connectivity index (χ4n) is 3.53. The first-order chi connectivity index (χ1) is 14.5. The first-order valence-corrected chi connectivity index (χ1v) is 10.8. The number of imidazole rings is 1. The molecule has 3 N–H and O–H groups in total. The lowest BCUT2D eigenvalue weighted by atomic mass is 10.1. The maximum atomic E-state index is 12.7. The third-order valence-corrected chi connectivity index (χ3v) is 6.03. The molecule has 0 bridgehead atoms. The van der Waals surface area contributed by atoms with E-state index in [4.69, 9.17) is 11.6 Å². The number of aromatic amines is 1. The largest absolute Gasteiger partial charge is 0.394 e. The summed E-state index contributed by atoms with van der Waals surface area (Å²) in [5.41, 5.74) is 2.31. The van der Waals surface area contributed by atoms with Gasteiger partial charge in [0.2, 0.25) is 0 Å². The predicted octanol–water partition coefficient (Wildman–Crippen LogP) is 3.68. The lowest BCUT2D eigenvalue weighted by Crippen LogP contribution is -2.32. The molecule has 0 saturated carbocycles. The molecule has 3 aromatic rings. The highest BCUT2D eigenvalue weighted by Crippen LogP contribution is 2.24. The molecule has 1 unspecified atom stereocenters. The Bertz CT molecular complexity index is 1110. The molecular formula is C21H20BrClN4O3. The smallest absolute Gasteiger partial charge is 0.254 e. The molecule has 1 aliphatic heterocycles. The minimum Gasteiger partial charge on any atom is -0.394 e. The standard InChI is InChI=1S/C21H20BrClN4O3/c22-15-9-12(3-5-14(15)21(30)27-7-1-2-8-27)20(29)26-18(11-28)19-24-16-6-4-13(23)10-17(16)25-19/h3-6,9-10,18,28H,1-2,7-8,11H2,(H,24,25)(H,26,29). The topological polar surface area (TPSA) is 98.3 Å². The Hall–Kier alpha value is -2.42. The van der Waals surface area contributed by atoms with Crippen LogP contribution >= 0.6 is 27.5 Å². The molecular weight excluding hydrogens is 472 g/mol. The Kier molecular flexibility index (Phi) is 6.08. The van der Waals surface area contributed by atoms with Gasteiger partial charge in [0.05, 0.1) is 23.2 Å². The number of nitrogens with zero attached hydrogens (tertiary/aromatic N) is 2. The number of nitrogens with one attached hydrogen (secondary N) is 2. The highest BCUT2D eigenvalue weighted by Gasteiger charge is 2.23. The Balaban J connectivity index is 1.51. The molecule has 0 aliphatic carbocycles. The molecule has 2 amide bonds. The van der Waals surface area contributed by atoms with E-state index < -0.39 is 6.04 Å². The van der Waals surface area contributed by atoms with Crippen molar-refractivity contribution in [1.29, 1.82) is 0 Å². The van der Waals surface area contributed by atoms with E-state index in [1.165, 1.54) is 0 Å². The molecule has 1 atom stereocenters. The Morgan fingerprint density at radius 1 is 1.23 bits per heavy atom. The zero-order valence-electron chi connectivity index (χ0n) is 16.0. The van der Waals surface area contributed by atoms with Crippen molar-refractivity contribution >= 4 is 50.4 Å². The number of carbonyl (C=O) groups is 2. The van der Waals surface area contributed by atoms with Gasteiger partial charge in [0, 0.05) is 28.1 Å². The molecule has 2 heterocycles. The summed E-state index contributed by atoms with van der Waals surface area (Å²) in [6.45, 7) is 1.19. The van der Waals surface area contributed by atoms with E-state index in [9.17, 15) is 14.7 Å². The number of H-pyrrole nitrogens is 1. The van der Waals surface area contributed by atoms with Crippen LogP contribution in [0, 0.1) is 0 Å². The van der Waals surface area contributed by atoms with E-state index in [-0.39, 0.29) is 18.4 Å². The number of likely N-dealkylation sites (tertiary alicyclic amines) is 1. The van der Waals surface area contributed by atoms with Crippen molar-refractivity contribution in [3.05, 3.63) is 62.8 Å². The lowest BCUT2D eigenvalue weighted by molar-refractivity contribution is 0.0791. The fourth-order valence-corrected chi connectivity index (χ4v) is 4.25. The Morgan fingerprint density at radius 3 is 2.70 bits per heavy atom. The number of rotatable bonds is 5. The van der Waals surface area contributed by atoms with Gasteiger partial charge >= 0.3 is 0 Å². The second-order valence-electron chi connectivity index (χ2n) is 7.19. The van der Waals surface area contributed by atoms with E-state index in [0.29, 0.717) is 32.0 Å². The number of hydrogen-bond acceptors (Lipinski definition) is 4. The van der Waals surface area contributed by atoms with Crippen molar-refractivity contribution in [2.45, 2.75) is 18.9 Å². The summed E-state index contributed by atoms with van der Waals surface area (Å²) in [4.78, 5) is 34.7. The maximum Gasteiger partial charge on any atom is 0.254 e. The minimum absolute atomic E-state index is 0.0412. The summed E-state index contributed by atoms with van der Waals surface area (Å²) in [5, 5.41) is 13.1. The van der Waals surface area contributed by atoms with Crippen LogP contribution in [0.15, 0.2) is 40.9 Å². The number of fused-ring (bicyclic) bond motifs is 1. The highest BCUT2D eigenvalue weighted by molar-refractivity contribution is 9.10. The van der Waals surface area contributed by atoms with Crippen LogP contribution < -0.4 is 5.32 Å². The molecule has 0 spiro atoms. The lowest BCUT2D eigenvalue weighted by Gasteiger charge is -2.17. The maximum absolute atomic E-state index is 12.7. The molecule has 1 aromatic heterocycles. The van der Waals surface area contributed by atoms with Gasteiger partial charge in [-0.1, -0.05) is 11.6 Å². The van der Waals surface area contributed by atoms with E-state index >= 15 is 0 Å². The van der Waals surface area contributed by atoms with Gasteiger partial charge in [-0.15, -0.1) is 0 Å². The molecule has 0 radical (unpaired) electrons.